The number of carbonyl (C=O) groups excluding carboxylic acids is 1. The predicted molar refractivity (Wildman–Crippen MR) is 80.6 cm³/mol. The number of benzene rings is 1. The quantitative estimate of drug-likeness (QED) is 0.810. The Morgan fingerprint density at radius 3 is 2.77 bits per heavy atom. The zero-order valence-corrected chi connectivity index (χ0v) is 12.2. The van der Waals surface area contributed by atoms with E-state index in [1.54, 1.807) is 30.6 Å². The molecule has 7 nitrogen and oxygen atoms in total. The van der Waals surface area contributed by atoms with E-state index in [1.165, 1.54) is 6.07 Å². The average Bonchev–Trinajstić information content (AvgIpc) is 2.83. The molecule has 3 rings (SSSR count). The van der Waals surface area contributed by atoms with Crippen molar-refractivity contribution in [2.24, 2.45) is 0 Å². The molecule has 2 heterocycles. The molecule has 0 saturated carbocycles. The van der Waals surface area contributed by atoms with Gasteiger partial charge in [0, 0.05) is 18.0 Å². The van der Waals surface area contributed by atoms with Crippen molar-refractivity contribution in [3.05, 3.63) is 42.7 Å². The smallest absolute Gasteiger partial charge is 0.302 e. The van der Waals surface area contributed by atoms with Gasteiger partial charge in [0.2, 0.25) is 0 Å². The van der Waals surface area contributed by atoms with E-state index in [1.807, 2.05) is 6.07 Å². The fourth-order valence-electron chi connectivity index (χ4n) is 2.30. The Morgan fingerprint density at radius 1 is 1.32 bits per heavy atom. The van der Waals surface area contributed by atoms with Gasteiger partial charge in [-0.2, -0.15) is 13.1 Å². The van der Waals surface area contributed by atoms with Gasteiger partial charge in [0.05, 0.1) is 18.3 Å². The topological polar surface area (TPSA) is 99.6 Å². The van der Waals surface area contributed by atoms with Gasteiger partial charge >= 0.3 is 10.2 Å². The highest BCUT2D eigenvalue weighted by molar-refractivity contribution is 7.91. The summed E-state index contributed by atoms with van der Waals surface area (Å²) in [6, 6.07) is 7.40. The molecule has 2 aromatic rings. The molecule has 1 aliphatic heterocycles. The molecule has 1 atom stereocenters. The van der Waals surface area contributed by atoms with Gasteiger partial charge in [0.15, 0.2) is 0 Å². The van der Waals surface area contributed by atoms with Crippen LogP contribution in [-0.4, -0.2) is 37.4 Å². The minimum atomic E-state index is -3.85. The first-order chi connectivity index (χ1) is 10.5. The number of nitrogens with zero attached hydrogens (tertiary/aromatic N) is 2. The van der Waals surface area contributed by atoms with Crippen LogP contribution in [0, 0.1) is 0 Å². The second kappa shape index (κ2) is 5.39. The summed E-state index contributed by atoms with van der Waals surface area (Å²) in [5.74, 6) is -0.176. The number of rotatable bonds is 3. The van der Waals surface area contributed by atoms with Crippen molar-refractivity contribution >= 4 is 22.2 Å². The lowest BCUT2D eigenvalue weighted by atomic mass is 10.1. The molecule has 22 heavy (non-hydrogen) atoms. The highest BCUT2D eigenvalue weighted by Gasteiger charge is 2.36. The number of hydrogen-bond donors (Lipinski definition) is 2. The van der Waals surface area contributed by atoms with Gasteiger partial charge in [-0.25, -0.2) is 0 Å². The summed E-state index contributed by atoms with van der Waals surface area (Å²) in [7, 11) is -3.85. The molecule has 0 radical (unpaired) electrons. The fourth-order valence-corrected chi connectivity index (χ4v) is 3.71. The van der Waals surface area contributed by atoms with Crippen LogP contribution in [0.1, 0.15) is 0 Å². The first kappa shape index (κ1) is 14.5. The number of phenols is 1. The van der Waals surface area contributed by atoms with Gasteiger partial charge in [0.1, 0.15) is 12.0 Å². The molecule has 0 bridgehead atoms. The summed E-state index contributed by atoms with van der Waals surface area (Å²) >= 11 is 0. The number of phenolic OH excluding ortho intramolecular Hbond substituents is 1. The summed E-state index contributed by atoms with van der Waals surface area (Å²) in [5, 5.41) is 10.00. The van der Waals surface area contributed by atoms with E-state index in [4.69, 9.17) is 0 Å². The predicted octanol–water partition coefficient (Wildman–Crippen LogP) is 0.676. The van der Waals surface area contributed by atoms with Gasteiger partial charge < -0.3 is 9.90 Å². The van der Waals surface area contributed by atoms with Crippen LogP contribution in [0.15, 0.2) is 42.7 Å². The number of nitrogens with one attached hydrogen (secondary N) is 1. The molecule has 1 aliphatic rings. The molecular formula is C14H13N3O4S. The van der Waals surface area contributed by atoms with E-state index in [0.717, 1.165) is 9.87 Å². The van der Waals surface area contributed by atoms with Crippen LogP contribution in [-0.2, 0) is 15.0 Å². The third-order valence-electron chi connectivity index (χ3n) is 3.36. The number of hydrogen-bond acceptors (Lipinski definition) is 5. The van der Waals surface area contributed by atoms with Crippen LogP contribution in [0.4, 0.5) is 5.69 Å². The summed E-state index contributed by atoms with van der Waals surface area (Å²) < 4.78 is 27.3. The highest BCUT2D eigenvalue weighted by atomic mass is 32.2. The van der Waals surface area contributed by atoms with Crippen LogP contribution in [0.25, 0.3) is 11.1 Å². The van der Waals surface area contributed by atoms with Crippen molar-refractivity contribution in [1.82, 2.24) is 9.71 Å². The van der Waals surface area contributed by atoms with E-state index in [0.29, 0.717) is 11.8 Å². The monoisotopic (exact) mass is 319 g/mol. The van der Waals surface area contributed by atoms with E-state index in [2.05, 4.69) is 9.71 Å². The Labute approximate surface area is 127 Å². The van der Waals surface area contributed by atoms with Gasteiger partial charge in [-0.05, 0) is 23.8 Å². The molecular weight excluding hydrogens is 306 g/mol. The zero-order valence-electron chi connectivity index (χ0n) is 11.4. The molecule has 0 spiro atoms. The molecule has 1 unspecified atom stereocenters. The number of carbonyl (C=O) groups is 1. The second-order valence-corrected chi connectivity index (χ2v) is 6.47. The van der Waals surface area contributed by atoms with Crippen LogP contribution >= 0.6 is 0 Å². The van der Waals surface area contributed by atoms with Crippen LogP contribution < -0.4 is 9.03 Å². The van der Waals surface area contributed by atoms with Gasteiger partial charge in [-0.3, -0.25) is 9.29 Å². The molecule has 1 aromatic carbocycles. The third-order valence-corrected chi connectivity index (χ3v) is 4.88. The largest absolute Gasteiger partial charge is 0.506 e. The molecule has 1 aromatic heterocycles. The van der Waals surface area contributed by atoms with Crippen molar-refractivity contribution in [2.45, 2.75) is 6.04 Å². The lowest BCUT2D eigenvalue weighted by molar-refractivity contribution is -0.108. The number of aldehydes is 1. The molecule has 114 valence electrons. The average molecular weight is 319 g/mol. The van der Waals surface area contributed by atoms with E-state index in [9.17, 15) is 18.3 Å². The Balaban J connectivity index is 2.06. The first-order valence-corrected chi connectivity index (χ1v) is 7.94. The summed E-state index contributed by atoms with van der Waals surface area (Å²) in [6.45, 7) is -0.0596. The Morgan fingerprint density at radius 2 is 2.14 bits per heavy atom. The molecule has 0 amide bonds. The third kappa shape index (κ3) is 2.53. The van der Waals surface area contributed by atoms with Gasteiger partial charge in [-0.1, -0.05) is 12.1 Å². The highest BCUT2D eigenvalue weighted by Crippen LogP contribution is 2.35. The number of aromatic hydroxyl groups is 1. The van der Waals surface area contributed by atoms with Crippen molar-refractivity contribution in [2.75, 3.05) is 10.8 Å². The van der Waals surface area contributed by atoms with Crippen molar-refractivity contribution in [3.8, 4) is 16.9 Å². The maximum atomic E-state index is 12.1. The van der Waals surface area contributed by atoms with Crippen LogP contribution in [0.5, 0.6) is 5.75 Å². The summed E-state index contributed by atoms with van der Waals surface area (Å²) in [4.78, 5) is 14.8. The lowest BCUT2D eigenvalue weighted by Gasteiger charge is -2.18. The van der Waals surface area contributed by atoms with Gasteiger partial charge in [-0.15, -0.1) is 0 Å². The molecule has 2 N–H and O–H groups in total. The van der Waals surface area contributed by atoms with E-state index >= 15 is 0 Å². The second-order valence-electron chi connectivity index (χ2n) is 4.84. The number of anilines is 1. The molecule has 1 fully saturated rings. The van der Waals surface area contributed by atoms with Crippen LogP contribution in [0.3, 0.4) is 0 Å². The van der Waals surface area contributed by atoms with Crippen molar-refractivity contribution < 1.29 is 18.3 Å². The fraction of sp³-hybridized carbons (Fsp3) is 0.143. The number of aromatic nitrogens is 1. The SMILES string of the molecule is O=CC1CN(c2cc(-c3cccnc3)ccc2O)S(=O)(=O)N1. The minimum Gasteiger partial charge on any atom is -0.506 e. The Bertz CT molecular complexity index is 808. The first-order valence-electron chi connectivity index (χ1n) is 6.50. The van der Waals surface area contributed by atoms with Crippen molar-refractivity contribution in [1.29, 1.82) is 0 Å². The van der Waals surface area contributed by atoms with Gasteiger partial charge in [0.25, 0.3) is 0 Å². The Hall–Kier alpha value is -2.45. The summed E-state index contributed by atoms with van der Waals surface area (Å²) in [6.07, 6.45) is 3.80. The Kier molecular flexibility index (Phi) is 3.55. The number of pyridine rings is 1. The van der Waals surface area contributed by atoms with E-state index < -0.39 is 16.3 Å². The standard InChI is InChI=1S/C14H13N3O4S/c18-9-12-8-17(22(20,21)16-12)13-6-10(3-4-14(13)19)11-2-1-5-15-7-11/h1-7,9,12,16,19H,8H2. The minimum absolute atomic E-state index is 0.0596. The molecule has 8 heteroatoms. The molecule has 1 saturated heterocycles. The normalized spacial score (nSPS) is 20.0. The maximum Gasteiger partial charge on any atom is 0.302 e. The summed E-state index contributed by atoms with van der Waals surface area (Å²) in [5.41, 5.74) is 1.63. The van der Waals surface area contributed by atoms with E-state index in [-0.39, 0.29) is 18.0 Å². The lowest BCUT2D eigenvalue weighted by Crippen LogP contribution is -2.30. The maximum absolute atomic E-state index is 12.1. The van der Waals surface area contributed by atoms with Crippen LogP contribution in [0.2, 0.25) is 0 Å². The zero-order chi connectivity index (χ0) is 15.7. The molecule has 0 aliphatic carbocycles. The van der Waals surface area contributed by atoms with Crippen molar-refractivity contribution in [3.63, 3.8) is 0 Å².